The molecule has 2 rings (SSSR count). The van der Waals surface area contributed by atoms with Gasteiger partial charge in [0, 0.05) is 17.1 Å². The summed E-state index contributed by atoms with van der Waals surface area (Å²) in [6.45, 7) is 4.38. The van der Waals surface area contributed by atoms with Gasteiger partial charge in [-0.3, -0.25) is 0 Å². The Balaban J connectivity index is 2.16. The molecular weight excluding hydrogens is 277 g/mol. The molecule has 2 nitrogen and oxygen atoms in total. The van der Waals surface area contributed by atoms with Crippen LogP contribution in [-0.2, 0) is 13.2 Å². The SMILES string of the molecule is Cc1cc(OCc2cc(CN)ccc2F)cc(C)c1Cl. The Morgan fingerprint density at radius 2 is 1.80 bits per heavy atom. The first-order valence-corrected chi connectivity index (χ1v) is 6.76. The van der Waals surface area contributed by atoms with Gasteiger partial charge in [-0.2, -0.15) is 0 Å². The van der Waals surface area contributed by atoms with Crippen LogP contribution in [0.2, 0.25) is 5.02 Å². The molecule has 0 bridgehead atoms. The summed E-state index contributed by atoms with van der Waals surface area (Å²) in [5.74, 6) is 0.395. The molecule has 0 saturated heterocycles. The molecule has 0 aliphatic rings. The van der Waals surface area contributed by atoms with E-state index in [0.29, 0.717) is 17.9 Å². The number of hydrogen-bond donors (Lipinski definition) is 1. The first-order valence-electron chi connectivity index (χ1n) is 6.38. The van der Waals surface area contributed by atoms with Gasteiger partial charge in [-0.05, 0) is 54.8 Å². The number of aryl methyl sites for hydroxylation is 2. The van der Waals surface area contributed by atoms with E-state index in [1.54, 1.807) is 12.1 Å². The Morgan fingerprint density at radius 3 is 2.40 bits per heavy atom. The van der Waals surface area contributed by atoms with Crippen LogP contribution in [-0.4, -0.2) is 0 Å². The third kappa shape index (κ3) is 3.30. The van der Waals surface area contributed by atoms with Gasteiger partial charge in [0.25, 0.3) is 0 Å². The van der Waals surface area contributed by atoms with Crippen LogP contribution < -0.4 is 10.5 Å². The van der Waals surface area contributed by atoms with Crippen LogP contribution >= 0.6 is 11.6 Å². The van der Waals surface area contributed by atoms with Crippen LogP contribution in [0.4, 0.5) is 4.39 Å². The van der Waals surface area contributed by atoms with Crippen LogP contribution in [0.25, 0.3) is 0 Å². The Kier molecular flexibility index (Phi) is 4.63. The fraction of sp³-hybridized carbons (Fsp3) is 0.250. The molecule has 2 aromatic rings. The maximum absolute atomic E-state index is 13.7. The van der Waals surface area contributed by atoms with E-state index in [-0.39, 0.29) is 12.4 Å². The molecule has 2 aromatic carbocycles. The van der Waals surface area contributed by atoms with Crippen molar-refractivity contribution in [3.63, 3.8) is 0 Å². The average Bonchev–Trinajstić information content (AvgIpc) is 2.43. The third-order valence-electron chi connectivity index (χ3n) is 3.15. The molecule has 0 fully saturated rings. The molecule has 0 atom stereocenters. The summed E-state index contributed by atoms with van der Waals surface area (Å²) in [5.41, 5.74) is 8.82. The van der Waals surface area contributed by atoms with E-state index in [9.17, 15) is 4.39 Å². The maximum atomic E-state index is 13.7. The first kappa shape index (κ1) is 14.8. The van der Waals surface area contributed by atoms with Crippen molar-refractivity contribution >= 4 is 11.6 Å². The normalized spacial score (nSPS) is 10.7. The van der Waals surface area contributed by atoms with E-state index in [1.165, 1.54) is 6.07 Å². The lowest BCUT2D eigenvalue weighted by Crippen LogP contribution is -2.03. The minimum absolute atomic E-state index is 0.167. The van der Waals surface area contributed by atoms with E-state index < -0.39 is 0 Å². The highest BCUT2D eigenvalue weighted by atomic mass is 35.5. The van der Waals surface area contributed by atoms with Crippen molar-refractivity contribution in [1.82, 2.24) is 0 Å². The number of rotatable bonds is 4. The van der Waals surface area contributed by atoms with Gasteiger partial charge < -0.3 is 10.5 Å². The molecule has 0 heterocycles. The molecule has 20 heavy (non-hydrogen) atoms. The second kappa shape index (κ2) is 6.25. The average molecular weight is 294 g/mol. The van der Waals surface area contributed by atoms with Crippen molar-refractivity contribution in [3.8, 4) is 5.75 Å². The van der Waals surface area contributed by atoms with Gasteiger partial charge in [0.2, 0.25) is 0 Å². The summed E-state index contributed by atoms with van der Waals surface area (Å²) in [7, 11) is 0. The lowest BCUT2D eigenvalue weighted by Gasteiger charge is -2.11. The van der Waals surface area contributed by atoms with Crippen molar-refractivity contribution in [2.75, 3.05) is 0 Å². The monoisotopic (exact) mass is 293 g/mol. The highest BCUT2D eigenvalue weighted by Gasteiger charge is 2.07. The van der Waals surface area contributed by atoms with E-state index in [0.717, 1.165) is 21.7 Å². The Labute approximate surface area is 123 Å². The highest BCUT2D eigenvalue weighted by molar-refractivity contribution is 6.32. The molecule has 0 spiro atoms. The van der Waals surface area contributed by atoms with Gasteiger partial charge in [0.1, 0.15) is 18.2 Å². The number of halogens is 2. The lowest BCUT2D eigenvalue weighted by molar-refractivity contribution is 0.299. The zero-order chi connectivity index (χ0) is 14.7. The smallest absolute Gasteiger partial charge is 0.129 e. The second-order valence-corrected chi connectivity index (χ2v) is 5.17. The van der Waals surface area contributed by atoms with E-state index >= 15 is 0 Å². The van der Waals surface area contributed by atoms with Gasteiger partial charge in [0.15, 0.2) is 0 Å². The molecule has 106 valence electrons. The summed E-state index contributed by atoms with van der Waals surface area (Å²) >= 11 is 6.10. The zero-order valence-corrected chi connectivity index (χ0v) is 12.3. The van der Waals surface area contributed by atoms with Gasteiger partial charge in [-0.25, -0.2) is 4.39 Å². The van der Waals surface area contributed by atoms with Crippen LogP contribution in [0.3, 0.4) is 0 Å². The Morgan fingerprint density at radius 1 is 1.15 bits per heavy atom. The molecule has 0 amide bonds. The van der Waals surface area contributed by atoms with Gasteiger partial charge in [0.05, 0.1) is 0 Å². The minimum Gasteiger partial charge on any atom is -0.489 e. The van der Waals surface area contributed by atoms with Crippen LogP contribution in [0.15, 0.2) is 30.3 Å². The van der Waals surface area contributed by atoms with Crippen LogP contribution in [0.5, 0.6) is 5.75 Å². The fourth-order valence-electron chi connectivity index (χ4n) is 2.02. The third-order valence-corrected chi connectivity index (χ3v) is 3.75. The summed E-state index contributed by atoms with van der Waals surface area (Å²) < 4.78 is 19.3. The quantitative estimate of drug-likeness (QED) is 0.920. The maximum Gasteiger partial charge on any atom is 0.129 e. The predicted octanol–water partition coefficient (Wildman–Crippen LogP) is 4.13. The van der Waals surface area contributed by atoms with Gasteiger partial charge >= 0.3 is 0 Å². The molecule has 0 aliphatic heterocycles. The summed E-state index contributed by atoms with van der Waals surface area (Å²) in [6, 6.07) is 8.51. The number of nitrogens with two attached hydrogens (primary N) is 1. The summed E-state index contributed by atoms with van der Waals surface area (Å²) in [5, 5.41) is 0.730. The minimum atomic E-state index is -0.287. The Hall–Kier alpha value is -1.58. The van der Waals surface area contributed by atoms with E-state index in [2.05, 4.69) is 0 Å². The van der Waals surface area contributed by atoms with Gasteiger partial charge in [-0.15, -0.1) is 0 Å². The molecule has 2 N–H and O–H groups in total. The number of benzene rings is 2. The predicted molar refractivity (Wildman–Crippen MR) is 79.5 cm³/mol. The molecule has 0 aromatic heterocycles. The molecule has 0 unspecified atom stereocenters. The Bertz CT molecular complexity index is 605. The lowest BCUT2D eigenvalue weighted by atomic mass is 10.1. The van der Waals surface area contributed by atoms with E-state index in [4.69, 9.17) is 22.1 Å². The van der Waals surface area contributed by atoms with E-state index in [1.807, 2.05) is 26.0 Å². The standard InChI is InChI=1S/C16H17ClFNO/c1-10-5-14(6-11(2)16(10)17)20-9-13-7-12(8-19)3-4-15(13)18/h3-7H,8-9,19H2,1-2H3. The first-order chi connectivity index (χ1) is 9.51. The molecule has 0 saturated carbocycles. The fourth-order valence-corrected chi connectivity index (χ4v) is 2.13. The highest BCUT2D eigenvalue weighted by Crippen LogP contribution is 2.26. The van der Waals surface area contributed by atoms with Crippen molar-refractivity contribution in [2.24, 2.45) is 5.73 Å². The topological polar surface area (TPSA) is 35.2 Å². The summed E-state index contributed by atoms with van der Waals surface area (Å²) in [6.07, 6.45) is 0. The van der Waals surface area contributed by atoms with Crippen molar-refractivity contribution in [3.05, 3.63) is 63.4 Å². The second-order valence-electron chi connectivity index (χ2n) is 4.79. The number of ether oxygens (including phenoxy) is 1. The van der Waals surface area contributed by atoms with Crippen LogP contribution in [0, 0.1) is 19.7 Å². The van der Waals surface area contributed by atoms with Crippen LogP contribution in [0.1, 0.15) is 22.3 Å². The van der Waals surface area contributed by atoms with Crippen molar-refractivity contribution in [1.29, 1.82) is 0 Å². The largest absolute Gasteiger partial charge is 0.489 e. The molecule has 0 aliphatic carbocycles. The molecular formula is C16H17ClFNO. The molecule has 4 heteroatoms. The molecule has 0 radical (unpaired) electrons. The van der Waals surface area contributed by atoms with Crippen molar-refractivity contribution < 1.29 is 9.13 Å². The van der Waals surface area contributed by atoms with Crippen molar-refractivity contribution in [2.45, 2.75) is 27.0 Å². The van der Waals surface area contributed by atoms with Gasteiger partial charge in [-0.1, -0.05) is 17.7 Å². The summed E-state index contributed by atoms with van der Waals surface area (Å²) in [4.78, 5) is 0. The zero-order valence-electron chi connectivity index (χ0n) is 11.5. The number of hydrogen-bond acceptors (Lipinski definition) is 2.